The van der Waals surface area contributed by atoms with Crippen LogP contribution in [0.4, 0.5) is 5.69 Å². The van der Waals surface area contributed by atoms with Gasteiger partial charge in [-0.15, -0.1) is 8.80 Å². The van der Waals surface area contributed by atoms with Gasteiger partial charge in [0, 0.05) is 6.54 Å². The number of nitrogens with zero attached hydrogens (tertiary/aromatic N) is 3. The van der Waals surface area contributed by atoms with Crippen molar-refractivity contribution < 1.29 is 19.2 Å². The van der Waals surface area contributed by atoms with E-state index in [2.05, 4.69) is 40.2 Å². The van der Waals surface area contributed by atoms with Gasteiger partial charge in [-0.3, -0.25) is 4.79 Å². The lowest BCUT2D eigenvalue weighted by atomic mass is 9.82. The Morgan fingerprint density at radius 2 is 1.86 bits per heavy atom. The van der Waals surface area contributed by atoms with Crippen LogP contribution in [-0.4, -0.2) is 56.1 Å². The van der Waals surface area contributed by atoms with E-state index in [-0.39, 0.29) is 52.8 Å². The number of amidine groups is 2. The summed E-state index contributed by atoms with van der Waals surface area (Å²) in [5.74, 6) is -0.0641. The number of phenols is 1. The maximum absolute atomic E-state index is 13.1. The Labute approximate surface area is 207 Å². The average molecular weight is 498 g/mol. The first-order valence-corrected chi connectivity index (χ1v) is 12.7. The van der Waals surface area contributed by atoms with Crippen LogP contribution in [0.2, 0.25) is 0 Å². The summed E-state index contributed by atoms with van der Waals surface area (Å²) in [7, 11) is 0. The van der Waals surface area contributed by atoms with Crippen LogP contribution in [0.25, 0.3) is 0 Å². The molecule has 9 nitrogen and oxygen atoms in total. The summed E-state index contributed by atoms with van der Waals surface area (Å²) in [6.45, 7) is 6.68. The minimum absolute atomic E-state index is 0.116. The second-order valence-electron chi connectivity index (χ2n) is 9.77. The van der Waals surface area contributed by atoms with Crippen LogP contribution < -0.4 is 10.6 Å². The molecule has 2 unspecified atom stereocenters. The predicted molar refractivity (Wildman–Crippen MR) is 138 cm³/mol. The summed E-state index contributed by atoms with van der Waals surface area (Å²) in [5.41, 5.74) is 1.21. The van der Waals surface area contributed by atoms with Gasteiger partial charge in [0.25, 0.3) is 17.1 Å². The molecule has 2 aliphatic rings. The summed E-state index contributed by atoms with van der Waals surface area (Å²) in [4.78, 5) is 14.7. The molecule has 4 N–H and O–H groups in total. The second kappa shape index (κ2) is 10.2. The molecule has 10 heteroatoms. The third kappa shape index (κ3) is 5.38. The minimum atomic E-state index is -1.82. The number of aromatic hydroxyl groups is 1. The fourth-order valence-corrected chi connectivity index (χ4v) is 5.04. The summed E-state index contributed by atoms with van der Waals surface area (Å²) in [6.07, 6.45) is 1.53. The lowest BCUT2D eigenvalue weighted by Crippen LogP contribution is -2.41. The molecule has 2 aliphatic heterocycles. The number of carbonyl (C=O) groups is 1. The molecule has 0 bridgehead atoms. The summed E-state index contributed by atoms with van der Waals surface area (Å²) < 4.78 is 20.5. The van der Waals surface area contributed by atoms with Crippen molar-refractivity contribution in [1.82, 2.24) is 10.2 Å². The zero-order valence-electron chi connectivity index (χ0n) is 20.1. The summed E-state index contributed by atoms with van der Waals surface area (Å²) >= 11 is -1.82. The smallest absolute Gasteiger partial charge is 0.269 e. The van der Waals surface area contributed by atoms with Gasteiger partial charge in [0.15, 0.2) is 17.4 Å². The van der Waals surface area contributed by atoms with E-state index in [1.165, 1.54) is 0 Å². The zero-order valence-corrected chi connectivity index (χ0v) is 20.9. The Balaban J connectivity index is 1.58. The fraction of sp³-hybridized carbons (Fsp3) is 0.400. The first-order valence-electron chi connectivity index (χ1n) is 11.6. The fourth-order valence-electron chi connectivity index (χ4n) is 4.41. The lowest BCUT2D eigenvalue weighted by Gasteiger charge is -2.32. The van der Waals surface area contributed by atoms with E-state index in [4.69, 9.17) is 0 Å². The van der Waals surface area contributed by atoms with Gasteiger partial charge < -0.3 is 25.7 Å². The average Bonchev–Trinajstić information content (AvgIpc) is 3.44. The molecule has 3 atom stereocenters. The molecule has 0 saturated carbocycles. The Morgan fingerprint density at radius 3 is 2.54 bits per heavy atom. The molecule has 1 saturated heterocycles. The number of likely N-dealkylation sites (tertiary alicyclic amines) is 1. The van der Waals surface area contributed by atoms with Gasteiger partial charge in [0.2, 0.25) is 0 Å². The normalized spacial score (nSPS) is 20.9. The number of carbonyl (C=O) groups excluding carboxylic acids is 1. The van der Waals surface area contributed by atoms with Crippen LogP contribution in [0.1, 0.15) is 55.6 Å². The van der Waals surface area contributed by atoms with Crippen LogP contribution in [0.5, 0.6) is 5.75 Å². The van der Waals surface area contributed by atoms with Gasteiger partial charge >= 0.3 is 0 Å². The third-order valence-electron chi connectivity index (χ3n) is 6.21. The molecule has 0 aliphatic carbocycles. The van der Waals surface area contributed by atoms with E-state index < -0.39 is 11.2 Å². The SMILES string of the molecule is CC(C)(C)[C@@H](NC1=NS(=O)N=C1Nc1cccc(C(=O)N2CCCC2CO)c1O)c1ccccc1. The molecule has 2 aromatic carbocycles. The molecular formula is C25H31N5O4S. The van der Waals surface area contributed by atoms with Crippen LogP contribution in [-0.2, 0) is 11.2 Å². The molecule has 0 radical (unpaired) electrons. The Morgan fingerprint density at radius 1 is 1.14 bits per heavy atom. The molecule has 186 valence electrons. The number of rotatable bonds is 5. The van der Waals surface area contributed by atoms with Gasteiger partial charge in [0.05, 0.1) is 29.9 Å². The predicted octanol–water partition coefficient (Wildman–Crippen LogP) is 3.17. The maximum atomic E-state index is 13.1. The van der Waals surface area contributed by atoms with E-state index in [0.29, 0.717) is 12.4 Å². The highest BCUT2D eigenvalue weighted by molar-refractivity contribution is 7.83. The monoisotopic (exact) mass is 497 g/mol. The number of phenolic OH excluding ortho intramolecular Hbond substituents is 1. The highest BCUT2D eigenvalue weighted by atomic mass is 32.2. The first-order chi connectivity index (χ1) is 16.7. The van der Waals surface area contributed by atoms with Crippen molar-refractivity contribution in [2.45, 2.75) is 45.7 Å². The number of aliphatic hydroxyl groups excluding tert-OH is 1. The first kappa shape index (κ1) is 24.9. The van der Waals surface area contributed by atoms with E-state index in [1.807, 2.05) is 30.3 Å². The largest absolute Gasteiger partial charge is 0.505 e. The van der Waals surface area contributed by atoms with Gasteiger partial charge in [-0.05, 0) is 36.0 Å². The molecule has 0 aromatic heterocycles. The number of anilines is 1. The third-order valence-corrected chi connectivity index (χ3v) is 6.89. The van der Waals surface area contributed by atoms with E-state index >= 15 is 0 Å². The van der Waals surface area contributed by atoms with Crippen molar-refractivity contribution in [3.63, 3.8) is 0 Å². The highest BCUT2D eigenvalue weighted by Gasteiger charge is 2.33. The molecular weight excluding hydrogens is 466 g/mol. The molecule has 1 fully saturated rings. The summed E-state index contributed by atoms with van der Waals surface area (Å²) in [6, 6.07) is 14.3. The number of hydrogen-bond acceptors (Lipinski definition) is 6. The van der Waals surface area contributed by atoms with E-state index in [9.17, 15) is 19.2 Å². The topological polar surface area (TPSA) is 127 Å². The molecule has 35 heavy (non-hydrogen) atoms. The number of para-hydroxylation sites is 1. The number of amides is 1. The Bertz CT molecular complexity index is 1180. The van der Waals surface area contributed by atoms with Crippen LogP contribution in [0.3, 0.4) is 0 Å². The zero-order chi connectivity index (χ0) is 25.2. The maximum Gasteiger partial charge on any atom is 0.269 e. The lowest BCUT2D eigenvalue weighted by molar-refractivity contribution is 0.0674. The number of hydrogen-bond donors (Lipinski definition) is 4. The number of aliphatic hydroxyl groups is 1. The van der Waals surface area contributed by atoms with Gasteiger partial charge in [-0.1, -0.05) is 57.2 Å². The van der Waals surface area contributed by atoms with Crippen molar-refractivity contribution in [1.29, 1.82) is 0 Å². The molecule has 2 aromatic rings. The van der Waals surface area contributed by atoms with Crippen LogP contribution >= 0.6 is 0 Å². The van der Waals surface area contributed by atoms with Crippen molar-refractivity contribution in [3.8, 4) is 5.75 Å². The van der Waals surface area contributed by atoms with Crippen LogP contribution in [0, 0.1) is 5.41 Å². The summed E-state index contributed by atoms with van der Waals surface area (Å²) in [5, 5.41) is 26.9. The number of nitrogens with one attached hydrogen (secondary N) is 2. The molecule has 4 rings (SSSR count). The van der Waals surface area contributed by atoms with Crippen LogP contribution in [0.15, 0.2) is 57.3 Å². The molecule has 0 spiro atoms. The highest BCUT2D eigenvalue weighted by Crippen LogP contribution is 2.34. The van der Waals surface area contributed by atoms with Gasteiger partial charge in [-0.2, -0.15) is 0 Å². The van der Waals surface area contributed by atoms with Crippen molar-refractivity contribution >= 4 is 34.4 Å². The van der Waals surface area contributed by atoms with E-state index in [0.717, 1.165) is 18.4 Å². The minimum Gasteiger partial charge on any atom is -0.505 e. The van der Waals surface area contributed by atoms with Gasteiger partial charge in [0.1, 0.15) is 0 Å². The van der Waals surface area contributed by atoms with E-state index in [1.54, 1.807) is 23.1 Å². The molecule has 1 amide bonds. The number of benzene rings is 2. The Kier molecular flexibility index (Phi) is 7.23. The quantitative estimate of drug-likeness (QED) is 0.470. The Hall–Kier alpha value is -3.24. The second-order valence-corrected chi connectivity index (χ2v) is 10.6. The van der Waals surface area contributed by atoms with Gasteiger partial charge in [-0.25, -0.2) is 4.21 Å². The molecule has 2 heterocycles. The van der Waals surface area contributed by atoms with Crippen molar-refractivity contribution in [2.24, 2.45) is 14.2 Å². The van der Waals surface area contributed by atoms with Crippen molar-refractivity contribution in [3.05, 3.63) is 59.7 Å². The van der Waals surface area contributed by atoms with Crippen molar-refractivity contribution in [2.75, 3.05) is 18.5 Å². The standard InChI is InChI=1S/C25H31N5O4S/c1-25(2,3)21(16-9-5-4-6-10-16)27-23-22(28-35(34)29-23)26-19-13-7-12-18(20(19)32)24(33)30-14-8-11-17(30)15-31/h4-7,9-10,12-13,17,21,31-32H,8,11,14-15H2,1-3H3,(H,26,28)(H,27,29)/t17?,21-,35?/m0/s1.